The number of nitro benzene ring substituents is 1. The normalized spacial score (nSPS) is 28.5. The van der Waals surface area contributed by atoms with Gasteiger partial charge in [-0.05, 0) is 66.5 Å². The molecule has 0 unspecified atom stereocenters. The third-order valence-electron chi connectivity index (χ3n) is 7.87. The SMILES string of the molecule is O=C(CN1C(=O)[C@H]2[C@@H]3C=C[C@@H]([C@H]4C[C@H]34)[C@@H]2C1=O)OCC(=O)c1ccc(Oc2ccc([N+](=O)[O-])cc2)cc1. The molecule has 5 aliphatic rings. The summed E-state index contributed by atoms with van der Waals surface area (Å²) >= 11 is 0. The molecule has 2 amide bonds. The maximum atomic E-state index is 13.0. The number of benzene rings is 2. The van der Waals surface area contributed by atoms with Crippen molar-refractivity contribution in [1.82, 2.24) is 4.90 Å². The second-order valence-electron chi connectivity index (χ2n) is 9.88. The Labute approximate surface area is 211 Å². The molecule has 1 aliphatic heterocycles. The van der Waals surface area contributed by atoms with E-state index in [2.05, 4.69) is 12.2 Å². The number of carbonyl (C=O) groups excluding carboxylic acids is 4. The maximum absolute atomic E-state index is 13.0. The number of hydrogen-bond acceptors (Lipinski definition) is 8. The molecule has 10 nitrogen and oxygen atoms in total. The van der Waals surface area contributed by atoms with Gasteiger partial charge in [-0.25, -0.2) is 0 Å². The maximum Gasteiger partial charge on any atom is 0.326 e. The lowest BCUT2D eigenvalue weighted by molar-refractivity contribution is -0.384. The molecule has 188 valence electrons. The molecular formula is C27H22N2O8. The fraction of sp³-hybridized carbons (Fsp3) is 0.333. The molecule has 2 aromatic rings. The van der Waals surface area contributed by atoms with Crippen molar-refractivity contribution in [3.05, 3.63) is 76.4 Å². The first kappa shape index (κ1) is 23.1. The number of esters is 1. The van der Waals surface area contributed by atoms with Gasteiger partial charge in [0.1, 0.15) is 18.0 Å². The van der Waals surface area contributed by atoms with E-state index < -0.39 is 29.8 Å². The zero-order valence-electron chi connectivity index (χ0n) is 19.5. The molecule has 6 atom stereocenters. The van der Waals surface area contributed by atoms with E-state index in [-0.39, 0.29) is 46.7 Å². The average Bonchev–Trinajstić information content (AvgIpc) is 3.69. The molecule has 2 aromatic carbocycles. The van der Waals surface area contributed by atoms with Crippen LogP contribution in [-0.2, 0) is 19.1 Å². The summed E-state index contributed by atoms with van der Waals surface area (Å²) in [5, 5.41) is 10.7. The highest BCUT2D eigenvalue weighted by Crippen LogP contribution is 2.65. The van der Waals surface area contributed by atoms with Crippen LogP contribution in [0, 0.1) is 45.6 Å². The lowest BCUT2D eigenvalue weighted by atomic mass is 9.63. The number of allylic oxidation sites excluding steroid dienone is 2. The van der Waals surface area contributed by atoms with E-state index in [1.807, 2.05) is 0 Å². The van der Waals surface area contributed by atoms with E-state index in [1.165, 1.54) is 36.4 Å². The zero-order valence-corrected chi connectivity index (χ0v) is 19.5. The molecule has 0 spiro atoms. The number of likely N-dealkylation sites (tertiary alicyclic amines) is 1. The van der Waals surface area contributed by atoms with Gasteiger partial charge in [0.15, 0.2) is 12.4 Å². The summed E-state index contributed by atoms with van der Waals surface area (Å²) < 4.78 is 10.7. The van der Waals surface area contributed by atoms with E-state index >= 15 is 0 Å². The lowest BCUT2D eigenvalue weighted by Crippen LogP contribution is -2.40. The Morgan fingerprint density at radius 3 is 1.97 bits per heavy atom. The largest absolute Gasteiger partial charge is 0.457 e. The number of carbonyl (C=O) groups is 4. The van der Waals surface area contributed by atoms with Gasteiger partial charge in [-0.1, -0.05) is 12.2 Å². The number of imide groups is 1. The summed E-state index contributed by atoms with van der Waals surface area (Å²) in [7, 11) is 0. The number of hydrogen-bond donors (Lipinski definition) is 0. The van der Waals surface area contributed by atoms with Gasteiger partial charge in [-0.15, -0.1) is 0 Å². The zero-order chi connectivity index (χ0) is 25.8. The van der Waals surface area contributed by atoms with Crippen LogP contribution in [0.1, 0.15) is 16.8 Å². The van der Waals surface area contributed by atoms with Crippen molar-refractivity contribution in [3.63, 3.8) is 0 Å². The van der Waals surface area contributed by atoms with Gasteiger partial charge in [-0.2, -0.15) is 0 Å². The lowest BCUT2D eigenvalue weighted by Gasteiger charge is -2.37. The van der Waals surface area contributed by atoms with Gasteiger partial charge in [0, 0.05) is 17.7 Å². The number of nitro groups is 1. The molecule has 2 saturated carbocycles. The van der Waals surface area contributed by atoms with E-state index in [0.29, 0.717) is 23.3 Å². The highest BCUT2D eigenvalue weighted by Gasteiger charge is 2.67. The van der Waals surface area contributed by atoms with Crippen LogP contribution in [-0.4, -0.2) is 46.5 Å². The molecule has 10 heteroatoms. The number of nitrogens with zero attached hydrogens (tertiary/aromatic N) is 2. The molecule has 7 rings (SSSR count). The number of amides is 2. The van der Waals surface area contributed by atoms with Crippen molar-refractivity contribution in [2.24, 2.45) is 35.5 Å². The summed E-state index contributed by atoms with van der Waals surface area (Å²) in [4.78, 5) is 62.1. The molecule has 0 N–H and O–H groups in total. The Balaban J connectivity index is 1.01. The van der Waals surface area contributed by atoms with Crippen LogP contribution >= 0.6 is 0 Å². The number of non-ortho nitro benzene ring substituents is 1. The fourth-order valence-corrected chi connectivity index (χ4v) is 6.06. The Hall–Kier alpha value is -4.34. The number of ketones is 1. The predicted octanol–water partition coefficient (Wildman–Crippen LogP) is 3.17. The summed E-state index contributed by atoms with van der Waals surface area (Å²) in [5.74, 6) is -0.744. The highest BCUT2D eigenvalue weighted by molar-refractivity contribution is 6.08. The molecule has 2 bridgehead atoms. The molecule has 37 heavy (non-hydrogen) atoms. The summed E-state index contributed by atoms with van der Waals surface area (Å²) in [5.41, 5.74) is 0.227. The van der Waals surface area contributed by atoms with Crippen LogP contribution in [0.4, 0.5) is 5.69 Å². The molecule has 0 radical (unpaired) electrons. The van der Waals surface area contributed by atoms with Crippen LogP contribution in [0.3, 0.4) is 0 Å². The molecule has 4 aliphatic carbocycles. The van der Waals surface area contributed by atoms with Gasteiger partial charge >= 0.3 is 5.97 Å². The van der Waals surface area contributed by atoms with E-state index in [1.54, 1.807) is 12.1 Å². The van der Waals surface area contributed by atoms with Crippen molar-refractivity contribution in [3.8, 4) is 11.5 Å². The van der Waals surface area contributed by atoms with Crippen molar-refractivity contribution in [2.75, 3.05) is 13.2 Å². The average molecular weight is 502 g/mol. The first-order valence-corrected chi connectivity index (χ1v) is 12.1. The van der Waals surface area contributed by atoms with Gasteiger partial charge in [0.2, 0.25) is 11.8 Å². The Bertz CT molecular complexity index is 1310. The smallest absolute Gasteiger partial charge is 0.326 e. The quantitative estimate of drug-likeness (QED) is 0.134. The van der Waals surface area contributed by atoms with Crippen molar-refractivity contribution < 1.29 is 33.6 Å². The van der Waals surface area contributed by atoms with Gasteiger partial charge in [0.25, 0.3) is 5.69 Å². The van der Waals surface area contributed by atoms with E-state index in [9.17, 15) is 29.3 Å². The van der Waals surface area contributed by atoms with E-state index in [0.717, 1.165) is 11.3 Å². The monoisotopic (exact) mass is 502 g/mol. The summed E-state index contributed by atoms with van der Waals surface area (Å²) in [6.45, 7) is -1.02. The first-order valence-electron chi connectivity index (χ1n) is 12.1. The van der Waals surface area contributed by atoms with Crippen LogP contribution in [0.2, 0.25) is 0 Å². The van der Waals surface area contributed by atoms with E-state index in [4.69, 9.17) is 9.47 Å². The summed E-state index contributed by atoms with van der Waals surface area (Å²) in [6.07, 6.45) is 5.19. The van der Waals surface area contributed by atoms with Crippen LogP contribution in [0.25, 0.3) is 0 Å². The minimum Gasteiger partial charge on any atom is -0.457 e. The second kappa shape index (κ2) is 8.65. The Morgan fingerprint density at radius 2 is 1.43 bits per heavy atom. The second-order valence-corrected chi connectivity index (χ2v) is 9.88. The third kappa shape index (κ3) is 3.98. The Kier molecular flexibility index (Phi) is 5.40. The minimum absolute atomic E-state index is 0.0553. The summed E-state index contributed by atoms with van der Waals surface area (Å²) in [6, 6.07) is 11.7. The molecular weight excluding hydrogens is 480 g/mol. The minimum atomic E-state index is -0.808. The van der Waals surface area contributed by atoms with Crippen molar-refractivity contribution in [1.29, 1.82) is 0 Å². The highest BCUT2D eigenvalue weighted by atomic mass is 16.6. The van der Waals surface area contributed by atoms with Crippen LogP contribution < -0.4 is 4.74 Å². The number of rotatable bonds is 8. The van der Waals surface area contributed by atoms with Crippen molar-refractivity contribution >= 4 is 29.3 Å². The molecule has 3 fully saturated rings. The van der Waals surface area contributed by atoms with Crippen LogP contribution in [0.15, 0.2) is 60.7 Å². The van der Waals surface area contributed by atoms with Gasteiger partial charge in [0.05, 0.1) is 16.8 Å². The standard InChI is InChI=1S/C27H22N2O8/c30-22(14-1-5-16(6-2-14)37-17-7-3-15(4-8-17)29(34)35)13-36-23(31)12-28-26(32)24-18-9-10-19(21-11-20(18)21)25(24)27(28)33/h1-10,18-21,24-25H,11-13H2/t18-,19+,20-,21-,24+,25+/m1/s1. The van der Waals surface area contributed by atoms with Crippen molar-refractivity contribution in [2.45, 2.75) is 6.42 Å². The molecule has 1 saturated heterocycles. The van der Waals surface area contributed by atoms with Gasteiger partial charge < -0.3 is 9.47 Å². The van der Waals surface area contributed by atoms with Gasteiger partial charge in [-0.3, -0.25) is 34.2 Å². The number of ether oxygens (including phenoxy) is 2. The molecule has 0 aromatic heterocycles. The van der Waals surface area contributed by atoms with Crippen LogP contribution in [0.5, 0.6) is 11.5 Å². The topological polar surface area (TPSA) is 133 Å². The first-order chi connectivity index (χ1) is 17.8. The predicted molar refractivity (Wildman–Crippen MR) is 126 cm³/mol. The Morgan fingerprint density at radius 1 is 0.892 bits per heavy atom. The number of Topliss-reactive ketones (excluding diaryl/α,β-unsaturated/α-hetero) is 1. The fourth-order valence-electron chi connectivity index (χ4n) is 6.06. The third-order valence-corrected chi connectivity index (χ3v) is 7.87. The molecule has 1 heterocycles.